The van der Waals surface area contributed by atoms with Crippen molar-refractivity contribution in [3.8, 4) is 0 Å². The summed E-state index contributed by atoms with van der Waals surface area (Å²) in [6, 6.07) is 0. The molecule has 22 heavy (non-hydrogen) atoms. The third-order valence-corrected chi connectivity index (χ3v) is 4.24. The molecule has 3 N–H and O–H groups in total. The van der Waals surface area contributed by atoms with E-state index in [9.17, 15) is 19.8 Å². The number of piperidine rings is 1. The molecule has 0 saturated carbocycles. The molecule has 0 unspecified atom stereocenters. The van der Waals surface area contributed by atoms with Gasteiger partial charge in [0.1, 0.15) is 5.60 Å². The summed E-state index contributed by atoms with van der Waals surface area (Å²) in [6.45, 7) is 3.99. The zero-order valence-electron chi connectivity index (χ0n) is 13.1. The number of H-pyrrole nitrogens is 1. The molecule has 1 atom stereocenters. The Morgan fingerprint density at radius 3 is 2.82 bits per heavy atom. The molecular formula is C15H23N3O4. The molecule has 1 aliphatic heterocycles. The fourth-order valence-electron chi connectivity index (χ4n) is 2.97. The Hall–Kier alpha value is -1.73. The summed E-state index contributed by atoms with van der Waals surface area (Å²) < 4.78 is 0. The Kier molecular flexibility index (Phi) is 4.97. The van der Waals surface area contributed by atoms with Crippen molar-refractivity contribution in [2.45, 2.75) is 45.1 Å². The number of nitrogens with one attached hydrogen (secondary N) is 1. The Labute approximate surface area is 129 Å². The zero-order valence-corrected chi connectivity index (χ0v) is 13.1. The maximum Gasteiger partial charge on any atom is 0.345 e. The smallest absolute Gasteiger partial charge is 0.345 e. The Morgan fingerprint density at radius 2 is 2.18 bits per heavy atom. The van der Waals surface area contributed by atoms with Crippen molar-refractivity contribution in [1.82, 2.24) is 14.9 Å². The van der Waals surface area contributed by atoms with Crippen LogP contribution in [0.3, 0.4) is 0 Å². The molecule has 7 heteroatoms. The largest absolute Gasteiger partial charge is 0.393 e. The maximum atomic E-state index is 12.3. The lowest BCUT2D eigenvalue weighted by molar-refractivity contribution is -0.140. The molecule has 0 spiro atoms. The predicted molar refractivity (Wildman–Crippen MR) is 80.5 cm³/mol. The van der Waals surface area contributed by atoms with Gasteiger partial charge in [-0.3, -0.25) is 4.79 Å². The third-order valence-electron chi connectivity index (χ3n) is 4.24. The van der Waals surface area contributed by atoms with Crippen molar-refractivity contribution in [2.75, 3.05) is 19.7 Å². The van der Waals surface area contributed by atoms with Crippen molar-refractivity contribution >= 4 is 5.91 Å². The number of hydrogen-bond donors (Lipinski definition) is 3. The number of β-amino-alcohol motifs (C(OH)–C–C–N with tert-alkyl or cyclic N) is 1. The van der Waals surface area contributed by atoms with E-state index in [2.05, 4.69) is 9.97 Å². The van der Waals surface area contributed by atoms with Gasteiger partial charge < -0.3 is 20.1 Å². The number of aryl methyl sites for hydroxylation is 2. The summed E-state index contributed by atoms with van der Waals surface area (Å²) >= 11 is 0. The number of aromatic nitrogens is 2. The van der Waals surface area contributed by atoms with Crippen LogP contribution in [-0.2, 0) is 11.2 Å². The van der Waals surface area contributed by atoms with Crippen molar-refractivity contribution in [3.63, 3.8) is 0 Å². The van der Waals surface area contributed by atoms with E-state index in [-0.39, 0.29) is 31.2 Å². The lowest BCUT2D eigenvalue weighted by Crippen LogP contribution is -2.52. The van der Waals surface area contributed by atoms with Crippen LogP contribution in [0, 0.1) is 13.8 Å². The first-order valence-electron chi connectivity index (χ1n) is 7.52. The minimum absolute atomic E-state index is 0.0587. The van der Waals surface area contributed by atoms with Gasteiger partial charge in [0.2, 0.25) is 5.91 Å². The van der Waals surface area contributed by atoms with Gasteiger partial charge in [-0.2, -0.15) is 4.98 Å². The number of aromatic amines is 1. The van der Waals surface area contributed by atoms with Gasteiger partial charge in [0, 0.05) is 24.4 Å². The summed E-state index contributed by atoms with van der Waals surface area (Å²) in [6.07, 6.45) is 1.97. The first kappa shape index (κ1) is 16.6. The molecule has 2 heterocycles. The Bertz CT molecular complexity index is 587. The third kappa shape index (κ3) is 3.72. The normalized spacial score (nSPS) is 21.9. The first-order valence-corrected chi connectivity index (χ1v) is 7.52. The fourth-order valence-corrected chi connectivity index (χ4v) is 2.97. The van der Waals surface area contributed by atoms with Crippen LogP contribution in [0.4, 0.5) is 0 Å². The van der Waals surface area contributed by atoms with Crippen LogP contribution in [0.2, 0.25) is 0 Å². The van der Waals surface area contributed by atoms with Crippen LogP contribution in [0.5, 0.6) is 0 Å². The molecule has 0 radical (unpaired) electrons. The van der Waals surface area contributed by atoms with Gasteiger partial charge in [0.05, 0.1) is 13.2 Å². The second kappa shape index (κ2) is 6.58. The number of carbonyl (C=O) groups is 1. The Balaban J connectivity index is 2.00. The number of aliphatic hydroxyl groups is 2. The van der Waals surface area contributed by atoms with Crippen molar-refractivity contribution in [2.24, 2.45) is 0 Å². The van der Waals surface area contributed by atoms with Crippen LogP contribution in [-0.4, -0.2) is 56.3 Å². The van der Waals surface area contributed by atoms with Gasteiger partial charge in [0.25, 0.3) is 0 Å². The molecule has 1 amide bonds. The molecule has 1 aliphatic rings. The lowest BCUT2D eigenvalue weighted by Gasteiger charge is -2.38. The molecule has 2 rings (SSSR count). The monoisotopic (exact) mass is 309 g/mol. The van der Waals surface area contributed by atoms with E-state index in [1.54, 1.807) is 18.7 Å². The van der Waals surface area contributed by atoms with Crippen LogP contribution in [0.15, 0.2) is 4.79 Å². The molecule has 7 nitrogen and oxygen atoms in total. The lowest BCUT2D eigenvalue weighted by atomic mass is 9.93. The fraction of sp³-hybridized carbons (Fsp3) is 0.667. The summed E-state index contributed by atoms with van der Waals surface area (Å²) in [5.41, 5.74) is 0.686. The van der Waals surface area contributed by atoms with Gasteiger partial charge >= 0.3 is 5.69 Å². The van der Waals surface area contributed by atoms with Gasteiger partial charge in [0.15, 0.2) is 0 Å². The number of likely N-dealkylation sites (tertiary alicyclic amines) is 1. The number of hydrogen-bond acceptors (Lipinski definition) is 5. The minimum atomic E-state index is -1.18. The predicted octanol–water partition coefficient (Wildman–Crippen LogP) is -0.335. The Morgan fingerprint density at radius 1 is 1.45 bits per heavy atom. The van der Waals surface area contributed by atoms with E-state index in [1.807, 2.05) is 0 Å². The molecule has 122 valence electrons. The topological polar surface area (TPSA) is 107 Å². The first-order chi connectivity index (χ1) is 10.3. The second-order valence-corrected chi connectivity index (χ2v) is 6.03. The van der Waals surface area contributed by atoms with Crippen LogP contribution >= 0.6 is 0 Å². The zero-order chi connectivity index (χ0) is 16.3. The quantitative estimate of drug-likeness (QED) is 0.706. The molecular weight excluding hydrogens is 286 g/mol. The molecule has 1 aromatic rings. The van der Waals surface area contributed by atoms with Crippen LogP contribution in [0.25, 0.3) is 0 Å². The van der Waals surface area contributed by atoms with Crippen molar-refractivity contribution in [3.05, 3.63) is 27.4 Å². The highest BCUT2D eigenvalue weighted by molar-refractivity contribution is 5.76. The van der Waals surface area contributed by atoms with E-state index in [0.29, 0.717) is 31.5 Å². The molecule has 1 saturated heterocycles. The summed E-state index contributed by atoms with van der Waals surface area (Å²) in [5.74, 6) is -0.0587. The van der Waals surface area contributed by atoms with Gasteiger partial charge in [-0.25, -0.2) is 4.79 Å². The highest BCUT2D eigenvalue weighted by Gasteiger charge is 2.34. The standard InChI is InChI=1S/C15H23N3O4/c1-10-12(11(2)17-14(21)16-10)4-5-13(20)18-7-3-6-15(22,8-18)9-19/h19,22H,3-9H2,1-2H3,(H,16,17,21)/t15-/m0/s1. The van der Waals surface area contributed by atoms with Crippen molar-refractivity contribution in [1.29, 1.82) is 0 Å². The number of carbonyl (C=O) groups excluding carboxylic acids is 1. The summed E-state index contributed by atoms with van der Waals surface area (Å²) in [5, 5.41) is 19.3. The van der Waals surface area contributed by atoms with Gasteiger partial charge in [-0.1, -0.05) is 0 Å². The van der Waals surface area contributed by atoms with E-state index in [4.69, 9.17) is 0 Å². The van der Waals surface area contributed by atoms with E-state index >= 15 is 0 Å². The van der Waals surface area contributed by atoms with E-state index in [0.717, 1.165) is 11.3 Å². The number of nitrogens with zero attached hydrogens (tertiary/aromatic N) is 2. The molecule has 1 fully saturated rings. The summed E-state index contributed by atoms with van der Waals surface area (Å²) in [7, 11) is 0. The molecule has 1 aromatic heterocycles. The molecule has 0 bridgehead atoms. The van der Waals surface area contributed by atoms with Gasteiger partial charge in [-0.05, 0) is 38.7 Å². The average molecular weight is 309 g/mol. The van der Waals surface area contributed by atoms with Crippen molar-refractivity contribution < 1.29 is 15.0 Å². The average Bonchev–Trinajstić information content (AvgIpc) is 2.46. The van der Waals surface area contributed by atoms with E-state index in [1.165, 1.54) is 0 Å². The minimum Gasteiger partial charge on any atom is -0.393 e. The highest BCUT2D eigenvalue weighted by Crippen LogP contribution is 2.21. The number of aliphatic hydroxyl groups excluding tert-OH is 1. The number of amides is 1. The maximum absolute atomic E-state index is 12.3. The van der Waals surface area contributed by atoms with Crippen LogP contribution < -0.4 is 5.69 Å². The number of rotatable bonds is 4. The SMILES string of the molecule is Cc1nc(=O)[nH]c(C)c1CCC(=O)N1CCC[C@@](O)(CO)C1. The summed E-state index contributed by atoms with van der Waals surface area (Å²) in [4.78, 5) is 31.7. The van der Waals surface area contributed by atoms with E-state index < -0.39 is 5.60 Å². The van der Waals surface area contributed by atoms with Gasteiger partial charge in [-0.15, -0.1) is 0 Å². The molecule has 0 aliphatic carbocycles. The van der Waals surface area contributed by atoms with Crippen LogP contribution in [0.1, 0.15) is 36.2 Å². The highest BCUT2D eigenvalue weighted by atomic mass is 16.3. The second-order valence-electron chi connectivity index (χ2n) is 6.03. The molecule has 0 aromatic carbocycles.